The monoisotopic (exact) mass is 236 g/mol. The molecule has 17 heavy (non-hydrogen) atoms. The molecule has 1 aromatic carbocycles. The van der Waals surface area contributed by atoms with E-state index < -0.39 is 0 Å². The Labute approximate surface area is 102 Å². The molecule has 0 fully saturated rings. The highest BCUT2D eigenvalue weighted by atomic mass is 16.5. The summed E-state index contributed by atoms with van der Waals surface area (Å²) >= 11 is 0. The van der Waals surface area contributed by atoms with Crippen molar-refractivity contribution < 1.29 is 9.53 Å². The number of rotatable bonds is 4. The predicted octanol–water partition coefficient (Wildman–Crippen LogP) is 1.68. The zero-order valence-corrected chi connectivity index (χ0v) is 10.9. The highest BCUT2D eigenvalue weighted by molar-refractivity contribution is 5.99. The van der Waals surface area contributed by atoms with Crippen molar-refractivity contribution in [3.63, 3.8) is 0 Å². The van der Waals surface area contributed by atoms with E-state index in [2.05, 4.69) is 0 Å². The van der Waals surface area contributed by atoms with E-state index in [-0.39, 0.29) is 11.9 Å². The standard InChI is InChI=1S/C13H20N2O2/c1-9-5-6-11(12(14)7-9)13(16)15(3)10(2)8-17-4/h5-7,10H,8,14H2,1-4H3. The average Bonchev–Trinajstić information content (AvgIpc) is 2.27. The molecule has 1 rings (SSSR count). The number of ether oxygens (including phenoxy) is 1. The summed E-state index contributed by atoms with van der Waals surface area (Å²) in [6, 6.07) is 5.48. The summed E-state index contributed by atoms with van der Waals surface area (Å²) < 4.78 is 5.04. The topological polar surface area (TPSA) is 55.6 Å². The van der Waals surface area contributed by atoms with E-state index in [4.69, 9.17) is 10.5 Å². The molecule has 0 aromatic heterocycles. The average molecular weight is 236 g/mol. The van der Waals surface area contributed by atoms with Crippen LogP contribution in [0.25, 0.3) is 0 Å². The molecule has 0 saturated heterocycles. The number of amides is 1. The van der Waals surface area contributed by atoms with Crippen LogP contribution in [-0.2, 0) is 4.74 Å². The molecule has 1 amide bonds. The number of benzene rings is 1. The SMILES string of the molecule is COCC(C)N(C)C(=O)c1ccc(C)cc1N. The number of likely N-dealkylation sites (N-methyl/N-ethyl adjacent to an activating group) is 1. The third-order valence-corrected chi connectivity index (χ3v) is 2.83. The van der Waals surface area contributed by atoms with Gasteiger partial charge in [-0.25, -0.2) is 0 Å². The van der Waals surface area contributed by atoms with Crippen molar-refractivity contribution in [3.8, 4) is 0 Å². The largest absolute Gasteiger partial charge is 0.398 e. The van der Waals surface area contributed by atoms with Gasteiger partial charge in [0.05, 0.1) is 18.2 Å². The molecule has 4 heteroatoms. The summed E-state index contributed by atoms with van der Waals surface area (Å²) in [7, 11) is 3.38. The second kappa shape index (κ2) is 5.68. The molecule has 0 saturated carbocycles. The fourth-order valence-corrected chi connectivity index (χ4v) is 1.62. The number of carbonyl (C=O) groups excluding carboxylic acids is 1. The van der Waals surface area contributed by atoms with Crippen LogP contribution in [0.1, 0.15) is 22.8 Å². The molecule has 0 heterocycles. The zero-order valence-electron chi connectivity index (χ0n) is 10.9. The van der Waals surface area contributed by atoms with Gasteiger partial charge in [0.15, 0.2) is 0 Å². The summed E-state index contributed by atoms with van der Waals surface area (Å²) in [4.78, 5) is 13.8. The molecule has 0 bridgehead atoms. The maximum absolute atomic E-state index is 12.2. The predicted molar refractivity (Wildman–Crippen MR) is 69.0 cm³/mol. The lowest BCUT2D eigenvalue weighted by Crippen LogP contribution is -2.38. The quantitative estimate of drug-likeness (QED) is 0.809. The van der Waals surface area contributed by atoms with Crippen LogP contribution in [-0.4, -0.2) is 37.6 Å². The first-order chi connectivity index (χ1) is 7.97. The molecule has 4 nitrogen and oxygen atoms in total. The van der Waals surface area contributed by atoms with Gasteiger partial charge in [-0.05, 0) is 31.5 Å². The molecular formula is C13H20N2O2. The fourth-order valence-electron chi connectivity index (χ4n) is 1.62. The van der Waals surface area contributed by atoms with Crippen molar-refractivity contribution in [3.05, 3.63) is 29.3 Å². The van der Waals surface area contributed by atoms with E-state index in [1.807, 2.05) is 26.0 Å². The molecule has 1 unspecified atom stereocenters. The summed E-state index contributed by atoms with van der Waals surface area (Å²) in [6.45, 7) is 4.39. The molecule has 0 aliphatic carbocycles. The summed E-state index contributed by atoms with van der Waals surface area (Å²) in [5.74, 6) is -0.0768. The van der Waals surface area contributed by atoms with E-state index >= 15 is 0 Å². The molecular weight excluding hydrogens is 216 g/mol. The molecule has 0 aliphatic heterocycles. The Morgan fingerprint density at radius 2 is 2.18 bits per heavy atom. The minimum atomic E-state index is -0.0768. The van der Waals surface area contributed by atoms with Crippen LogP contribution in [0.4, 0.5) is 5.69 Å². The van der Waals surface area contributed by atoms with Crippen LogP contribution in [0.5, 0.6) is 0 Å². The second-order valence-corrected chi connectivity index (χ2v) is 4.31. The van der Waals surface area contributed by atoms with Crippen LogP contribution in [0.3, 0.4) is 0 Å². The van der Waals surface area contributed by atoms with Gasteiger partial charge in [-0.1, -0.05) is 6.07 Å². The van der Waals surface area contributed by atoms with Crippen LogP contribution < -0.4 is 5.73 Å². The van der Waals surface area contributed by atoms with Crippen LogP contribution >= 0.6 is 0 Å². The minimum Gasteiger partial charge on any atom is -0.398 e. The second-order valence-electron chi connectivity index (χ2n) is 4.31. The van der Waals surface area contributed by atoms with Crippen molar-refractivity contribution >= 4 is 11.6 Å². The number of anilines is 1. The van der Waals surface area contributed by atoms with Gasteiger partial charge in [-0.2, -0.15) is 0 Å². The number of hydrogen-bond donors (Lipinski definition) is 1. The van der Waals surface area contributed by atoms with Gasteiger partial charge in [-0.3, -0.25) is 4.79 Å². The third-order valence-electron chi connectivity index (χ3n) is 2.83. The molecule has 94 valence electrons. The Morgan fingerprint density at radius 1 is 1.53 bits per heavy atom. The summed E-state index contributed by atoms with van der Waals surface area (Å²) in [5.41, 5.74) is 7.97. The van der Waals surface area contributed by atoms with E-state index in [1.165, 1.54) is 0 Å². The third kappa shape index (κ3) is 3.20. The van der Waals surface area contributed by atoms with Gasteiger partial charge in [0.1, 0.15) is 0 Å². The van der Waals surface area contributed by atoms with Gasteiger partial charge in [0, 0.05) is 19.8 Å². The Kier molecular flexibility index (Phi) is 4.52. The van der Waals surface area contributed by atoms with E-state index in [1.54, 1.807) is 25.1 Å². The van der Waals surface area contributed by atoms with Gasteiger partial charge in [0.2, 0.25) is 0 Å². The van der Waals surface area contributed by atoms with E-state index in [0.29, 0.717) is 17.9 Å². The Balaban J connectivity index is 2.88. The van der Waals surface area contributed by atoms with Crippen molar-refractivity contribution in [2.75, 3.05) is 26.5 Å². The van der Waals surface area contributed by atoms with Crippen LogP contribution in [0.15, 0.2) is 18.2 Å². The summed E-state index contributed by atoms with van der Waals surface area (Å²) in [5, 5.41) is 0. The first-order valence-electron chi connectivity index (χ1n) is 5.59. The first kappa shape index (κ1) is 13.5. The lowest BCUT2D eigenvalue weighted by Gasteiger charge is -2.25. The van der Waals surface area contributed by atoms with Crippen molar-refractivity contribution in [1.29, 1.82) is 0 Å². The van der Waals surface area contributed by atoms with Crippen LogP contribution in [0, 0.1) is 6.92 Å². The Morgan fingerprint density at radius 3 is 2.71 bits per heavy atom. The van der Waals surface area contributed by atoms with Crippen molar-refractivity contribution in [2.24, 2.45) is 0 Å². The van der Waals surface area contributed by atoms with Gasteiger partial charge in [0.25, 0.3) is 5.91 Å². The molecule has 1 aromatic rings. The van der Waals surface area contributed by atoms with Gasteiger partial charge < -0.3 is 15.4 Å². The zero-order chi connectivity index (χ0) is 13.0. The van der Waals surface area contributed by atoms with Crippen LogP contribution in [0.2, 0.25) is 0 Å². The molecule has 0 spiro atoms. The smallest absolute Gasteiger partial charge is 0.256 e. The minimum absolute atomic E-state index is 0.0215. The number of hydrogen-bond acceptors (Lipinski definition) is 3. The number of nitrogen functional groups attached to an aromatic ring is 1. The van der Waals surface area contributed by atoms with E-state index in [0.717, 1.165) is 5.56 Å². The number of nitrogens with zero attached hydrogens (tertiary/aromatic N) is 1. The normalized spacial score (nSPS) is 12.2. The number of carbonyl (C=O) groups is 1. The van der Waals surface area contributed by atoms with Crippen molar-refractivity contribution in [2.45, 2.75) is 19.9 Å². The molecule has 0 radical (unpaired) electrons. The highest BCUT2D eigenvalue weighted by Gasteiger charge is 2.19. The number of nitrogens with two attached hydrogens (primary N) is 1. The lowest BCUT2D eigenvalue weighted by atomic mass is 10.1. The van der Waals surface area contributed by atoms with E-state index in [9.17, 15) is 4.79 Å². The highest BCUT2D eigenvalue weighted by Crippen LogP contribution is 2.16. The fraction of sp³-hybridized carbons (Fsp3) is 0.462. The van der Waals surface area contributed by atoms with Gasteiger partial charge >= 0.3 is 0 Å². The Bertz CT molecular complexity index is 404. The maximum Gasteiger partial charge on any atom is 0.256 e. The number of aryl methyl sites for hydroxylation is 1. The number of methoxy groups -OCH3 is 1. The molecule has 1 atom stereocenters. The first-order valence-corrected chi connectivity index (χ1v) is 5.59. The van der Waals surface area contributed by atoms with Gasteiger partial charge in [-0.15, -0.1) is 0 Å². The summed E-state index contributed by atoms with van der Waals surface area (Å²) in [6.07, 6.45) is 0. The lowest BCUT2D eigenvalue weighted by molar-refractivity contribution is 0.0634. The van der Waals surface area contributed by atoms with Crippen molar-refractivity contribution in [1.82, 2.24) is 4.90 Å². The maximum atomic E-state index is 12.2. The molecule has 0 aliphatic rings. The Hall–Kier alpha value is -1.55. The molecule has 2 N–H and O–H groups in total.